The van der Waals surface area contributed by atoms with Crippen molar-refractivity contribution in [2.45, 2.75) is 88.6 Å². The Kier molecular flexibility index (Phi) is 7.36. The van der Waals surface area contributed by atoms with Gasteiger partial charge in [-0.2, -0.15) is 10.2 Å². The van der Waals surface area contributed by atoms with Gasteiger partial charge in [-0.05, 0) is 76.6 Å². The molecule has 2 N–H and O–H groups in total. The van der Waals surface area contributed by atoms with Crippen LogP contribution in [-0.2, 0) is 0 Å². The number of hydrogen-bond donors (Lipinski definition) is 2. The summed E-state index contributed by atoms with van der Waals surface area (Å²) in [5, 5.41) is 17.5. The number of carbonyl (C=O) groups is 2. The van der Waals surface area contributed by atoms with E-state index in [-0.39, 0.29) is 22.9 Å². The van der Waals surface area contributed by atoms with Gasteiger partial charge in [0.2, 0.25) is 11.9 Å². The molecule has 4 bridgehead atoms. The average Bonchev–Trinajstić information content (AvgIpc) is 3.96. The van der Waals surface area contributed by atoms with Crippen LogP contribution in [0.5, 0.6) is 0 Å². The maximum absolute atomic E-state index is 13.1. The molecule has 2 aliphatic carbocycles. The molecule has 8 fully saturated rings. The van der Waals surface area contributed by atoms with E-state index in [0.29, 0.717) is 69.6 Å². The van der Waals surface area contributed by atoms with E-state index >= 15 is 0 Å². The van der Waals surface area contributed by atoms with Crippen LogP contribution in [0.3, 0.4) is 0 Å². The normalized spacial score (nSPS) is 24.5. The van der Waals surface area contributed by atoms with Crippen LogP contribution in [0.1, 0.15) is 70.6 Å². The zero-order chi connectivity index (χ0) is 38.0. The summed E-state index contributed by atoms with van der Waals surface area (Å²) in [5.74, 6) is 0.620. The summed E-state index contributed by atoms with van der Waals surface area (Å²) < 4.78 is 6.08. The van der Waals surface area contributed by atoms with Crippen molar-refractivity contribution in [1.82, 2.24) is 68.4 Å². The third-order valence-corrected chi connectivity index (χ3v) is 12.7. The number of piperazine rings is 2. The number of H-pyrrole nitrogens is 2. The highest BCUT2D eigenvalue weighted by Crippen LogP contribution is 2.43. The number of nitrogens with zero attached hydrogens (tertiary/aromatic N) is 12. The van der Waals surface area contributed by atoms with Crippen LogP contribution in [0, 0.1) is 13.8 Å². The lowest BCUT2D eigenvalue weighted by Crippen LogP contribution is -2.69. The van der Waals surface area contributed by atoms with Crippen LogP contribution >= 0.6 is 0 Å². The van der Waals surface area contributed by atoms with Crippen molar-refractivity contribution in [3.8, 4) is 11.9 Å². The summed E-state index contributed by atoms with van der Waals surface area (Å²) in [7, 11) is 0. The van der Waals surface area contributed by atoms with Gasteiger partial charge in [0, 0.05) is 74.8 Å². The quantitative estimate of drug-likeness (QED) is 0.250. The molecule has 14 rings (SSSR count). The molecular weight excluding hydrogens is 717 g/mol. The fraction of sp³-hybridized carbons (Fsp3) is 0.474. The number of hydrogen-bond acceptors (Lipinski definition) is 10. The van der Waals surface area contributed by atoms with Crippen LogP contribution in [0.4, 0.5) is 0 Å². The second kappa shape index (κ2) is 12.3. The molecule has 4 atom stereocenters. The third kappa shape index (κ3) is 5.29. The van der Waals surface area contributed by atoms with E-state index < -0.39 is 0 Å². The maximum Gasteiger partial charge on any atom is 0.276 e. The Morgan fingerprint density at radius 3 is 1.38 bits per heavy atom. The van der Waals surface area contributed by atoms with Crippen molar-refractivity contribution < 1.29 is 9.59 Å². The molecule has 12 heterocycles. The molecular formula is C38H42N14O4. The molecule has 18 nitrogen and oxygen atoms in total. The number of rotatable bonds is 6. The first kappa shape index (κ1) is 33.5. The van der Waals surface area contributed by atoms with E-state index in [1.807, 2.05) is 23.6 Å². The van der Waals surface area contributed by atoms with Gasteiger partial charge >= 0.3 is 0 Å². The lowest BCUT2D eigenvalue weighted by Gasteiger charge is -2.56. The fourth-order valence-electron chi connectivity index (χ4n) is 9.61. The first-order valence-electron chi connectivity index (χ1n) is 19.6. The first-order valence-corrected chi connectivity index (χ1v) is 19.6. The molecule has 56 heavy (non-hydrogen) atoms. The van der Waals surface area contributed by atoms with Gasteiger partial charge in [0.25, 0.3) is 22.9 Å². The van der Waals surface area contributed by atoms with Crippen molar-refractivity contribution >= 4 is 22.8 Å². The Balaban J connectivity index is 0.000000130. The van der Waals surface area contributed by atoms with Gasteiger partial charge < -0.3 is 9.80 Å². The number of nitrogens with one attached hydrogen (secondary N) is 2. The molecule has 288 valence electrons. The lowest BCUT2D eigenvalue weighted by molar-refractivity contribution is -0.0645. The van der Waals surface area contributed by atoms with Gasteiger partial charge in [0.05, 0.1) is 34.9 Å². The largest absolute Gasteiger partial charge is 0.335 e. The Morgan fingerprint density at radius 2 is 1.00 bits per heavy atom. The van der Waals surface area contributed by atoms with Crippen LogP contribution in [0.25, 0.3) is 22.9 Å². The molecule has 0 radical (unpaired) electrons. The van der Waals surface area contributed by atoms with Crippen molar-refractivity contribution in [2.75, 3.05) is 26.2 Å². The summed E-state index contributed by atoms with van der Waals surface area (Å²) in [5.41, 5.74) is 2.94. The summed E-state index contributed by atoms with van der Waals surface area (Å²) >= 11 is 0. The monoisotopic (exact) mass is 758 g/mol. The fourth-order valence-corrected chi connectivity index (χ4v) is 9.61. The summed E-state index contributed by atoms with van der Waals surface area (Å²) in [4.78, 5) is 65.3. The summed E-state index contributed by atoms with van der Waals surface area (Å²) in [6, 6.07) is 10.5. The van der Waals surface area contributed by atoms with Gasteiger partial charge in [0.15, 0.2) is 0 Å². The van der Waals surface area contributed by atoms with E-state index in [0.717, 1.165) is 38.3 Å². The van der Waals surface area contributed by atoms with Crippen LogP contribution < -0.4 is 11.1 Å². The first-order chi connectivity index (χ1) is 27.2. The second-order valence-corrected chi connectivity index (χ2v) is 16.2. The highest BCUT2D eigenvalue weighted by atomic mass is 16.2. The van der Waals surface area contributed by atoms with Crippen molar-refractivity contribution in [2.24, 2.45) is 0 Å². The second-order valence-electron chi connectivity index (χ2n) is 16.2. The maximum atomic E-state index is 13.1. The molecule has 2 saturated carbocycles. The summed E-state index contributed by atoms with van der Waals surface area (Å²) in [6.45, 7) is 6.84. The average molecular weight is 759 g/mol. The minimum atomic E-state index is -0.242. The molecule has 0 spiro atoms. The standard InChI is InChI=1S/2C19H21N7O2/c2*1-11-15(18(28)23-9-13-7-14(10-23)25(13)12-4-5-12)8-20-26(11)19-21-17(27)16-3-2-6-24(16)22-19/h2*2-3,6,8,12-14H,4-5,7,9-10H2,1H3,(H,21,22,27). The van der Waals surface area contributed by atoms with Crippen LogP contribution in [0.15, 0.2) is 58.6 Å². The number of carbonyl (C=O) groups excluding carboxylic acids is 2. The predicted molar refractivity (Wildman–Crippen MR) is 201 cm³/mol. The van der Waals surface area contributed by atoms with Crippen LogP contribution in [-0.4, -0.2) is 143 Å². The van der Waals surface area contributed by atoms with Gasteiger partial charge in [0.1, 0.15) is 11.0 Å². The number of aromatic amines is 2. The van der Waals surface area contributed by atoms with E-state index in [2.05, 4.69) is 40.2 Å². The molecule has 2 amide bonds. The lowest BCUT2D eigenvalue weighted by atomic mass is 9.87. The van der Waals surface area contributed by atoms with Gasteiger partial charge in [-0.1, -0.05) is 0 Å². The van der Waals surface area contributed by atoms with Gasteiger partial charge in [-0.15, -0.1) is 10.2 Å². The Bertz CT molecular complexity index is 2470. The van der Waals surface area contributed by atoms with Gasteiger partial charge in [-0.25, -0.2) is 18.4 Å². The molecule has 4 unspecified atom stereocenters. The number of fused-ring (bicyclic) bond motifs is 6. The van der Waals surface area contributed by atoms with Crippen LogP contribution in [0.2, 0.25) is 0 Å². The Labute approximate surface area is 319 Å². The minimum Gasteiger partial charge on any atom is -0.335 e. The highest BCUT2D eigenvalue weighted by molar-refractivity contribution is 5.96. The topological polar surface area (TPSA) is 183 Å². The Hall–Kier alpha value is -5.88. The molecule has 6 aromatic rings. The molecule has 6 aromatic heterocycles. The summed E-state index contributed by atoms with van der Waals surface area (Å²) in [6.07, 6.45) is 14.2. The SMILES string of the molecule is Cc1c(C(=O)N2CC3CC(C2)N3C2CC2)cnn1-c1nn2cccc2c(=O)[nH]1.Cc1c(C(=O)N2CC3CC(C2)N3C2CC2)cnn1-c1nn2cccc2c(=O)[nH]1. The zero-order valence-corrected chi connectivity index (χ0v) is 31.2. The van der Waals surface area contributed by atoms with E-state index in [9.17, 15) is 19.2 Å². The number of amides is 2. The molecule has 6 aliphatic heterocycles. The molecule has 18 heteroatoms. The van der Waals surface area contributed by atoms with Crippen molar-refractivity contribution in [3.05, 3.63) is 92.3 Å². The molecule has 6 saturated heterocycles. The predicted octanol–water partition coefficient (Wildman–Crippen LogP) is 1.16. The van der Waals surface area contributed by atoms with Crippen molar-refractivity contribution in [3.63, 3.8) is 0 Å². The van der Waals surface area contributed by atoms with Crippen molar-refractivity contribution in [1.29, 1.82) is 0 Å². The van der Waals surface area contributed by atoms with E-state index in [4.69, 9.17) is 0 Å². The Morgan fingerprint density at radius 1 is 0.607 bits per heavy atom. The number of aromatic nitrogens is 10. The minimum absolute atomic E-state index is 0.0123. The van der Waals surface area contributed by atoms with E-state index in [1.54, 1.807) is 49.1 Å². The smallest absolute Gasteiger partial charge is 0.276 e. The zero-order valence-electron chi connectivity index (χ0n) is 31.2. The number of piperidine rings is 2. The van der Waals surface area contributed by atoms with E-state index in [1.165, 1.54) is 56.9 Å². The highest BCUT2D eigenvalue weighted by Gasteiger charge is 2.52. The third-order valence-electron chi connectivity index (χ3n) is 12.7. The van der Waals surface area contributed by atoms with Gasteiger partial charge in [-0.3, -0.25) is 38.9 Å². The molecule has 8 aliphatic rings. The molecule has 0 aromatic carbocycles.